The molecule has 0 saturated heterocycles. The Morgan fingerprint density at radius 3 is 2.74 bits per heavy atom. The lowest BCUT2D eigenvalue weighted by atomic mass is 9.79. The van der Waals surface area contributed by atoms with Crippen LogP contribution in [0, 0.1) is 0 Å². The van der Waals surface area contributed by atoms with Crippen molar-refractivity contribution < 1.29 is 27.8 Å². The normalized spacial score (nSPS) is 19.3. The van der Waals surface area contributed by atoms with Gasteiger partial charge in [-0.05, 0) is 60.7 Å². The number of hydrogen-bond donors (Lipinski definition) is 2. The number of ether oxygens (including phenoxy) is 1. The largest absolute Gasteiger partial charge is 0.497 e. The number of carbonyl (C=O) groups excluding carboxylic acids is 1. The fraction of sp³-hybridized carbons (Fsp3) is 0.350. The lowest BCUT2D eigenvalue weighted by Crippen LogP contribution is -2.43. The van der Waals surface area contributed by atoms with Crippen LogP contribution in [0.5, 0.6) is 5.75 Å². The number of amides is 1. The number of aliphatic hydroxyl groups is 1. The maximum atomic E-state index is 12.8. The molecular weight excluding hydrogens is 359 g/mol. The number of carbonyl (C=O) groups is 1. The molecule has 27 heavy (non-hydrogen) atoms. The van der Waals surface area contributed by atoms with Crippen molar-refractivity contribution in [1.82, 2.24) is 5.32 Å². The summed E-state index contributed by atoms with van der Waals surface area (Å²) < 4.78 is 43.6. The van der Waals surface area contributed by atoms with Gasteiger partial charge in [-0.2, -0.15) is 13.2 Å². The van der Waals surface area contributed by atoms with Gasteiger partial charge in [0.2, 0.25) is 0 Å². The molecule has 2 aromatic rings. The SMILES string of the molecule is COc1ccc2c(c1)CCCC2(O)CNC(=O)c1cccc(C(F)(F)F)c1. The van der Waals surface area contributed by atoms with Crippen molar-refractivity contribution in [3.05, 3.63) is 64.7 Å². The molecule has 7 heteroatoms. The molecule has 2 N–H and O–H groups in total. The van der Waals surface area contributed by atoms with E-state index in [9.17, 15) is 23.1 Å². The minimum absolute atomic E-state index is 0.0819. The Bertz CT molecular complexity index is 851. The van der Waals surface area contributed by atoms with Crippen LogP contribution in [0.25, 0.3) is 0 Å². The average molecular weight is 379 g/mol. The van der Waals surface area contributed by atoms with Crippen molar-refractivity contribution in [2.24, 2.45) is 0 Å². The predicted octanol–water partition coefficient (Wildman–Crippen LogP) is 3.67. The number of rotatable bonds is 4. The van der Waals surface area contributed by atoms with Crippen molar-refractivity contribution >= 4 is 5.91 Å². The Balaban J connectivity index is 1.76. The second-order valence-electron chi connectivity index (χ2n) is 6.67. The Labute approximate surface area is 155 Å². The van der Waals surface area contributed by atoms with Gasteiger partial charge in [-0.1, -0.05) is 12.1 Å². The van der Waals surface area contributed by atoms with Gasteiger partial charge in [0.15, 0.2) is 0 Å². The van der Waals surface area contributed by atoms with E-state index in [4.69, 9.17) is 4.74 Å². The highest BCUT2D eigenvalue weighted by Gasteiger charge is 2.35. The number of hydrogen-bond acceptors (Lipinski definition) is 3. The van der Waals surface area contributed by atoms with Gasteiger partial charge >= 0.3 is 6.18 Å². The number of benzene rings is 2. The van der Waals surface area contributed by atoms with Gasteiger partial charge in [0, 0.05) is 5.56 Å². The zero-order chi connectivity index (χ0) is 19.7. The summed E-state index contributed by atoms with van der Waals surface area (Å²) in [7, 11) is 1.56. The molecule has 0 bridgehead atoms. The monoisotopic (exact) mass is 379 g/mol. The van der Waals surface area contributed by atoms with Gasteiger partial charge in [0.25, 0.3) is 5.91 Å². The minimum atomic E-state index is -4.52. The molecule has 1 atom stereocenters. The summed E-state index contributed by atoms with van der Waals surface area (Å²) in [5.74, 6) is 0.0289. The van der Waals surface area contributed by atoms with Crippen molar-refractivity contribution in [2.45, 2.75) is 31.0 Å². The number of halogens is 3. The molecule has 0 saturated carbocycles. The van der Waals surface area contributed by atoms with Crippen molar-refractivity contribution in [3.8, 4) is 5.75 Å². The number of methoxy groups -OCH3 is 1. The van der Waals surface area contributed by atoms with E-state index in [2.05, 4.69) is 5.32 Å². The van der Waals surface area contributed by atoms with E-state index < -0.39 is 23.2 Å². The molecule has 0 fully saturated rings. The molecule has 2 aromatic carbocycles. The highest BCUT2D eigenvalue weighted by Crippen LogP contribution is 2.36. The van der Waals surface area contributed by atoms with Crippen molar-refractivity contribution in [2.75, 3.05) is 13.7 Å². The molecule has 1 aliphatic rings. The zero-order valence-electron chi connectivity index (χ0n) is 14.8. The summed E-state index contributed by atoms with van der Waals surface area (Å²) in [5, 5.41) is 13.6. The summed E-state index contributed by atoms with van der Waals surface area (Å²) in [6, 6.07) is 9.58. The summed E-state index contributed by atoms with van der Waals surface area (Å²) in [6.07, 6.45) is -2.54. The molecule has 0 aliphatic heterocycles. The second kappa shape index (κ2) is 7.23. The first-order valence-electron chi connectivity index (χ1n) is 8.58. The molecule has 0 spiro atoms. The predicted molar refractivity (Wildman–Crippen MR) is 93.6 cm³/mol. The van der Waals surface area contributed by atoms with Crippen molar-refractivity contribution in [1.29, 1.82) is 0 Å². The smallest absolute Gasteiger partial charge is 0.416 e. The van der Waals surface area contributed by atoms with Crippen LogP contribution in [0.1, 0.15) is 39.9 Å². The summed E-state index contributed by atoms with van der Waals surface area (Å²) >= 11 is 0. The molecule has 0 heterocycles. The van der Waals surface area contributed by atoms with E-state index in [1.165, 1.54) is 12.1 Å². The molecule has 144 valence electrons. The van der Waals surface area contributed by atoms with E-state index in [0.717, 1.165) is 30.5 Å². The van der Waals surface area contributed by atoms with Gasteiger partial charge in [-0.25, -0.2) is 0 Å². The van der Waals surface area contributed by atoms with E-state index in [1.54, 1.807) is 19.2 Å². The molecule has 1 amide bonds. The highest BCUT2D eigenvalue weighted by atomic mass is 19.4. The van der Waals surface area contributed by atoms with E-state index in [-0.39, 0.29) is 12.1 Å². The third kappa shape index (κ3) is 4.08. The number of aryl methyl sites for hydroxylation is 1. The van der Waals surface area contributed by atoms with E-state index >= 15 is 0 Å². The molecule has 4 nitrogen and oxygen atoms in total. The fourth-order valence-corrected chi connectivity index (χ4v) is 3.41. The topological polar surface area (TPSA) is 58.6 Å². The highest BCUT2D eigenvalue weighted by molar-refractivity contribution is 5.94. The maximum Gasteiger partial charge on any atom is 0.416 e. The molecule has 3 rings (SSSR count). The van der Waals surface area contributed by atoms with Crippen LogP contribution in [-0.2, 0) is 18.2 Å². The quantitative estimate of drug-likeness (QED) is 0.852. The Morgan fingerprint density at radius 2 is 2.04 bits per heavy atom. The van der Waals surface area contributed by atoms with E-state index in [0.29, 0.717) is 17.7 Å². The standard InChI is InChI=1S/C20H20F3NO3/c1-27-16-7-8-17-13(11-16)5-3-9-19(17,26)12-24-18(25)14-4-2-6-15(10-14)20(21,22)23/h2,4,6-8,10-11,26H,3,5,9,12H2,1H3,(H,24,25). The van der Waals surface area contributed by atoms with Crippen LogP contribution in [-0.4, -0.2) is 24.7 Å². The number of alkyl halides is 3. The van der Waals surface area contributed by atoms with Crippen LogP contribution < -0.4 is 10.1 Å². The summed E-state index contributed by atoms with van der Waals surface area (Å²) in [5.41, 5.74) is -0.601. The van der Waals surface area contributed by atoms with E-state index in [1.807, 2.05) is 6.07 Å². The van der Waals surface area contributed by atoms with Gasteiger partial charge in [-0.15, -0.1) is 0 Å². The molecule has 0 aromatic heterocycles. The first kappa shape index (κ1) is 19.2. The van der Waals surface area contributed by atoms with Gasteiger partial charge in [0.05, 0.1) is 19.2 Å². The van der Waals surface area contributed by atoms with Crippen LogP contribution in [0.4, 0.5) is 13.2 Å². The number of nitrogens with one attached hydrogen (secondary N) is 1. The Hall–Kier alpha value is -2.54. The van der Waals surface area contributed by atoms with Crippen LogP contribution >= 0.6 is 0 Å². The first-order chi connectivity index (χ1) is 12.7. The van der Waals surface area contributed by atoms with Crippen LogP contribution in [0.3, 0.4) is 0 Å². The lowest BCUT2D eigenvalue weighted by molar-refractivity contribution is -0.137. The van der Waals surface area contributed by atoms with Gasteiger partial charge in [0.1, 0.15) is 11.4 Å². The maximum absolute atomic E-state index is 12.8. The minimum Gasteiger partial charge on any atom is -0.497 e. The fourth-order valence-electron chi connectivity index (χ4n) is 3.41. The van der Waals surface area contributed by atoms with Crippen molar-refractivity contribution in [3.63, 3.8) is 0 Å². The summed E-state index contributed by atoms with van der Waals surface area (Å²) in [4.78, 5) is 12.3. The lowest BCUT2D eigenvalue weighted by Gasteiger charge is -2.35. The Morgan fingerprint density at radius 1 is 1.26 bits per heavy atom. The molecule has 1 aliphatic carbocycles. The second-order valence-corrected chi connectivity index (χ2v) is 6.67. The van der Waals surface area contributed by atoms with Gasteiger partial charge in [-0.3, -0.25) is 4.79 Å². The summed E-state index contributed by atoms with van der Waals surface area (Å²) in [6.45, 7) is -0.0819. The molecular formula is C20H20F3NO3. The zero-order valence-corrected chi connectivity index (χ0v) is 14.8. The average Bonchev–Trinajstić information content (AvgIpc) is 2.65. The van der Waals surface area contributed by atoms with Crippen LogP contribution in [0.2, 0.25) is 0 Å². The van der Waals surface area contributed by atoms with Crippen LogP contribution in [0.15, 0.2) is 42.5 Å². The molecule has 1 unspecified atom stereocenters. The third-order valence-corrected chi connectivity index (χ3v) is 4.84. The Kier molecular flexibility index (Phi) is 5.15. The first-order valence-corrected chi connectivity index (χ1v) is 8.58. The third-order valence-electron chi connectivity index (χ3n) is 4.84. The molecule has 0 radical (unpaired) electrons. The number of fused-ring (bicyclic) bond motifs is 1. The van der Waals surface area contributed by atoms with Gasteiger partial charge < -0.3 is 15.2 Å².